The molecule has 1 aromatic heterocycles. The van der Waals surface area contributed by atoms with Gasteiger partial charge < -0.3 is 0 Å². The van der Waals surface area contributed by atoms with Gasteiger partial charge in [-0.2, -0.15) is 0 Å². The fraction of sp³-hybridized carbons (Fsp3) is 0.500. The standard InChI is InChI=1S/C12H16N2/c1-8(2)12-11-9(3)6-13-7-10(11)4-5-14-12/h4-5,7-9H,6H2,1-3H3. The van der Waals surface area contributed by atoms with E-state index in [1.807, 2.05) is 12.4 Å². The molecule has 2 heteroatoms. The Balaban J connectivity index is 2.58. The summed E-state index contributed by atoms with van der Waals surface area (Å²) in [6.45, 7) is 7.52. The molecule has 14 heavy (non-hydrogen) atoms. The highest BCUT2D eigenvalue weighted by Crippen LogP contribution is 2.29. The first-order chi connectivity index (χ1) is 6.70. The SMILES string of the molecule is CC(C)c1nccc2c1C(C)CN=C2. The molecule has 0 bridgehead atoms. The molecule has 0 aliphatic carbocycles. The minimum absolute atomic E-state index is 0.499. The van der Waals surface area contributed by atoms with Crippen molar-refractivity contribution >= 4 is 6.21 Å². The fourth-order valence-electron chi connectivity index (χ4n) is 2.02. The van der Waals surface area contributed by atoms with Crippen LogP contribution < -0.4 is 0 Å². The molecule has 0 radical (unpaired) electrons. The van der Waals surface area contributed by atoms with Crippen LogP contribution in [-0.2, 0) is 0 Å². The summed E-state index contributed by atoms with van der Waals surface area (Å²) < 4.78 is 0. The molecule has 2 rings (SSSR count). The Morgan fingerprint density at radius 1 is 1.43 bits per heavy atom. The van der Waals surface area contributed by atoms with Crippen molar-refractivity contribution in [2.24, 2.45) is 4.99 Å². The van der Waals surface area contributed by atoms with Crippen LogP contribution in [0.5, 0.6) is 0 Å². The Hall–Kier alpha value is -1.18. The molecule has 0 aromatic carbocycles. The molecule has 2 heterocycles. The first-order valence-corrected chi connectivity index (χ1v) is 5.18. The van der Waals surface area contributed by atoms with Gasteiger partial charge in [0.15, 0.2) is 0 Å². The van der Waals surface area contributed by atoms with E-state index in [0.29, 0.717) is 11.8 Å². The number of nitrogens with zero attached hydrogens (tertiary/aromatic N) is 2. The summed E-state index contributed by atoms with van der Waals surface area (Å²) >= 11 is 0. The minimum atomic E-state index is 0.499. The summed E-state index contributed by atoms with van der Waals surface area (Å²) in [5, 5.41) is 0. The van der Waals surface area contributed by atoms with Crippen molar-refractivity contribution in [1.82, 2.24) is 4.98 Å². The second-order valence-electron chi connectivity index (χ2n) is 4.25. The highest BCUT2D eigenvalue weighted by atomic mass is 14.8. The Morgan fingerprint density at radius 3 is 2.93 bits per heavy atom. The smallest absolute Gasteiger partial charge is 0.0470 e. The molecule has 0 N–H and O–H groups in total. The van der Waals surface area contributed by atoms with Crippen LogP contribution in [0.2, 0.25) is 0 Å². The van der Waals surface area contributed by atoms with E-state index in [2.05, 4.69) is 36.8 Å². The Labute approximate surface area is 85.1 Å². The molecule has 1 aliphatic heterocycles. The van der Waals surface area contributed by atoms with E-state index < -0.39 is 0 Å². The Bertz CT molecular complexity index is 367. The van der Waals surface area contributed by atoms with Crippen LogP contribution in [0, 0.1) is 0 Å². The largest absolute Gasteiger partial charge is 0.292 e. The maximum Gasteiger partial charge on any atom is 0.0470 e. The van der Waals surface area contributed by atoms with Gasteiger partial charge in [-0.25, -0.2) is 0 Å². The van der Waals surface area contributed by atoms with E-state index >= 15 is 0 Å². The second-order valence-corrected chi connectivity index (χ2v) is 4.25. The average Bonchev–Trinajstić information content (AvgIpc) is 2.17. The van der Waals surface area contributed by atoms with E-state index in [1.54, 1.807) is 0 Å². The predicted octanol–water partition coefficient (Wildman–Crippen LogP) is 2.74. The quantitative estimate of drug-likeness (QED) is 0.665. The van der Waals surface area contributed by atoms with Gasteiger partial charge in [0.25, 0.3) is 0 Å². The lowest BCUT2D eigenvalue weighted by Gasteiger charge is -2.21. The van der Waals surface area contributed by atoms with E-state index in [-0.39, 0.29) is 0 Å². The summed E-state index contributed by atoms with van der Waals surface area (Å²) in [6, 6.07) is 2.06. The minimum Gasteiger partial charge on any atom is -0.292 e. The van der Waals surface area contributed by atoms with E-state index in [0.717, 1.165) is 6.54 Å². The van der Waals surface area contributed by atoms with Crippen molar-refractivity contribution in [3.8, 4) is 0 Å². The van der Waals surface area contributed by atoms with E-state index in [1.165, 1.54) is 16.8 Å². The molecule has 1 unspecified atom stereocenters. The third-order valence-corrected chi connectivity index (χ3v) is 2.70. The lowest BCUT2D eigenvalue weighted by Crippen LogP contribution is -2.13. The first-order valence-electron chi connectivity index (χ1n) is 5.18. The number of hydrogen-bond donors (Lipinski definition) is 0. The molecule has 1 aromatic rings. The summed E-state index contributed by atoms with van der Waals surface area (Å²) in [5.41, 5.74) is 3.89. The van der Waals surface area contributed by atoms with E-state index in [9.17, 15) is 0 Å². The average molecular weight is 188 g/mol. The normalized spacial score (nSPS) is 19.9. The zero-order valence-electron chi connectivity index (χ0n) is 8.99. The number of hydrogen-bond acceptors (Lipinski definition) is 2. The molecule has 1 atom stereocenters. The van der Waals surface area contributed by atoms with Gasteiger partial charge in [-0.05, 0) is 23.1 Å². The van der Waals surface area contributed by atoms with E-state index in [4.69, 9.17) is 0 Å². The van der Waals surface area contributed by atoms with Gasteiger partial charge in [-0.3, -0.25) is 9.98 Å². The third-order valence-electron chi connectivity index (χ3n) is 2.70. The Kier molecular flexibility index (Phi) is 2.36. The van der Waals surface area contributed by atoms with Crippen molar-refractivity contribution in [2.75, 3.05) is 6.54 Å². The fourth-order valence-corrected chi connectivity index (χ4v) is 2.02. The molecule has 0 amide bonds. The van der Waals surface area contributed by atoms with Crippen LogP contribution >= 0.6 is 0 Å². The van der Waals surface area contributed by atoms with Crippen LogP contribution in [0.3, 0.4) is 0 Å². The molecule has 2 nitrogen and oxygen atoms in total. The molecular formula is C12H16N2. The van der Waals surface area contributed by atoms with Gasteiger partial charge in [-0.15, -0.1) is 0 Å². The van der Waals surface area contributed by atoms with Gasteiger partial charge in [0.05, 0.1) is 0 Å². The summed E-state index contributed by atoms with van der Waals surface area (Å²) in [5.74, 6) is 1.01. The van der Waals surface area contributed by atoms with Crippen LogP contribution in [-0.4, -0.2) is 17.7 Å². The third kappa shape index (κ3) is 1.45. The lowest BCUT2D eigenvalue weighted by atomic mass is 9.89. The van der Waals surface area contributed by atoms with Crippen LogP contribution in [0.25, 0.3) is 0 Å². The van der Waals surface area contributed by atoms with Gasteiger partial charge in [0.2, 0.25) is 0 Å². The summed E-state index contributed by atoms with van der Waals surface area (Å²) in [6.07, 6.45) is 3.86. The van der Waals surface area contributed by atoms with Gasteiger partial charge in [0.1, 0.15) is 0 Å². The zero-order valence-corrected chi connectivity index (χ0v) is 8.99. The maximum atomic E-state index is 4.48. The van der Waals surface area contributed by atoms with Gasteiger partial charge in [-0.1, -0.05) is 20.8 Å². The molecule has 0 fully saturated rings. The highest BCUT2D eigenvalue weighted by molar-refractivity contribution is 5.83. The number of rotatable bonds is 1. The Morgan fingerprint density at radius 2 is 2.21 bits per heavy atom. The van der Waals surface area contributed by atoms with Crippen molar-refractivity contribution in [1.29, 1.82) is 0 Å². The second kappa shape index (κ2) is 3.52. The number of aliphatic imine (C=N–C) groups is 1. The van der Waals surface area contributed by atoms with Crippen LogP contribution in [0.4, 0.5) is 0 Å². The molecular weight excluding hydrogens is 172 g/mol. The summed E-state index contributed by atoms with van der Waals surface area (Å²) in [7, 11) is 0. The van der Waals surface area contributed by atoms with Crippen molar-refractivity contribution in [2.45, 2.75) is 32.6 Å². The first kappa shape index (κ1) is 9.38. The summed E-state index contributed by atoms with van der Waals surface area (Å²) in [4.78, 5) is 8.83. The maximum absolute atomic E-state index is 4.48. The van der Waals surface area contributed by atoms with Crippen LogP contribution in [0.1, 0.15) is 49.4 Å². The number of aromatic nitrogens is 1. The molecule has 1 aliphatic rings. The monoisotopic (exact) mass is 188 g/mol. The highest BCUT2D eigenvalue weighted by Gasteiger charge is 2.19. The van der Waals surface area contributed by atoms with Crippen molar-refractivity contribution < 1.29 is 0 Å². The molecule has 0 saturated heterocycles. The molecule has 74 valence electrons. The zero-order chi connectivity index (χ0) is 10.1. The van der Waals surface area contributed by atoms with Gasteiger partial charge >= 0.3 is 0 Å². The molecule has 0 spiro atoms. The molecule has 0 saturated carbocycles. The van der Waals surface area contributed by atoms with Crippen molar-refractivity contribution in [3.63, 3.8) is 0 Å². The topological polar surface area (TPSA) is 25.2 Å². The number of fused-ring (bicyclic) bond motifs is 1. The van der Waals surface area contributed by atoms with Crippen LogP contribution in [0.15, 0.2) is 17.3 Å². The lowest BCUT2D eigenvalue weighted by molar-refractivity contribution is 0.712. The number of pyridine rings is 1. The predicted molar refractivity (Wildman–Crippen MR) is 59.2 cm³/mol. The van der Waals surface area contributed by atoms with Crippen molar-refractivity contribution in [3.05, 3.63) is 29.1 Å². The van der Waals surface area contributed by atoms with Gasteiger partial charge in [0, 0.05) is 30.6 Å².